The molecule has 164 valence electrons. The number of carbonyl (C=O) groups is 3. The second-order valence-corrected chi connectivity index (χ2v) is 6.41. The van der Waals surface area contributed by atoms with Gasteiger partial charge in [0.05, 0.1) is 12.8 Å². The molecule has 9 nitrogen and oxygen atoms in total. The molecular weight excluding hydrogens is 400 g/mol. The van der Waals surface area contributed by atoms with E-state index in [0.717, 1.165) is 6.42 Å². The topological polar surface area (TPSA) is 118 Å². The maximum atomic E-state index is 12.1. The Morgan fingerprint density at radius 2 is 1.84 bits per heavy atom. The number of anilines is 1. The van der Waals surface area contributed by atoms with Gasteiger partial charge < -0.3 is 20.1 Å². The third-order valence-corrected chi connectivity index (χ3v) is 4.05. The van der Waals surface area contributed by atoms with Gasteiger partial charge in [-0.3, -0.25) is 14.4 Å². The lowest BCUT2D eigenvalue weighted by Gasteiger charge is -2.08. The maximum Gasteiger partial charge on any atom is 0.329 e. The van der Waals surface area contributed by atoms with Crippen LogP contribution in [0.2, 0.25) is 0 Å². The molecule has 2 rings (SSSR count). The number of hydrazone groups is 1. The van der Waals surface area contributed by atoms with E-state index in [1.165, 1.54) is 18.9 Å². The summed E-state index contributed by atoms with van der Waals surface area (Å²) in [6.45, 7) is 2.44. The molecule has 0 saturated carbocycles. The lowest BCUT2D eigenvalue weighted by molar-refractivity contribution is -0.139. The van der Waals surface area contributed by atoms with Gasteiger partial charge in [-0.15, -0.1) is 0 Å². The minimum atomic E-state index is -0.886. The van der Waals surface area contributed by atoms with E-state index in [0.29, 0.717) is 23.6 Å². The molecule has 0 saturated heterocycles. The van der Waals surface area contributed by atoms with Crippen molar-refractivity contribution in [2.75, 3.05) is 32.2 Å². The molecule has 0 radical (unpaired) electrons. The fraction of sp³-hybridized carbons (Fsp3) is 0.273. The van der Waals surface area contributed by atoms with Gasteiger partial charge in [-0.05, 0) is 41.8 Å². The zero-order valence-electron chi connectivity index (χ0n) is 17.5. The first kappa shape index (κ1) is 23.6. The highest BCUT2D eigenvalue weighted by Crippen LogP contribution is 2.13. The number of rotatable bonds is 10. The molecule has 0 aliphatic carbocycles. The van der Waals surface area contributed by atoms with Crippen molar-refractivity contribution in [3.63, 3.8) is 0 Å². The van der Waals surface area contributed by atoms with Crippen LogP contribution in [0.15, 0.2) is 53.6 Å². The van der Waals surface area contributed by atoms with Gasteiger partial charge in [0.25, 0.3) is 5.91 Å². The summed E-state index contributed by atoms with van der Waals surface area (Å²) in [4.78, 5) is 35.2. The summed E-state index contributed by atoms with van der Waals surface area (Å²) in [5.74, 6) is -1.51. The molecule has 31 heavy (non-hydrogen) atoms. The largest absolute Gasteiger partial charge is 0.484 e. The molecular formula is C22H26N4O5. The van der Waals surface area contributed by atoms with E-state index in [4.69, 9.17) is 9.47 Å². The fourth-order valence-corrected chi connectivity index (χ4v) is 2.42. The van der Waals surface area contributed by atoms with E-state index in [9.17, 15) is 14.4 Å². The molecule has 0 aliphatic heterocycles. The molecule has 2 aromatic rings. The van der Waals surface area contributed by atoms with Crippen molar-refractivity contribution in [3.8, 4) is 5.75 Å². The van der Waals surface area contributed by atoms with Crippen LogP contribution in [0.1, 0.15) is 18.1 Å². The van der Waals surface area contributed by atoms with Crippen molar-refractivity contribution in [2.24, 2.45) is 5.10 Å². The average molecular weight is 426 g/mol. The predicted octanol–water partition coefficient (Wildman–Crippen LogP) is 1.48. The Bertz CT molecular complexity index is 912. The summed E-state index contributed by atoms with van der Waals surface area (Å²) in [5, 5.41) is 8.90. The average Bonchev–Trinajstić information content (AvgIpc) is 2.78. The zero-order valence-corrected chi connectivity index (χ0v) is 17.5. The van der Waals surface area contributed by atoms with E-state index in [-0.39, 0.29) is 19.1 Å². The summed E-state index contributed by atoms with van der Waals surface area (Å²) in [6.07, 6.45) is 2.30. The number of hydrogen-bond acceptors (Lipinski definition) is 6. The molecule has 2 aromatic carbocycles. The monoisotopic (exact) mass is 426 g/mol. The molecule has 9 heteroatoms. The van der Waals surface area contributed by atoms with Crippen molar-refractivity contribution in [1.29, 1.82) is 0 Å². The predicted molar refractivity (Wildman–Crippen MR) is 117 cm³/mol. The Morgan fingerprint density at radius 3 is 2.55 bits per heavy atom. The standard InChI is InChI=1S/C22H26N4O5/c1-3-16-7-9-18(10-8-16)25-20(27)15-31-19-6-4-5-17(13-19)14-24-26-22(29)21(28)23-11-12-30-2/h4-10,13-14H,3,11-12,15H2,1-2H3,(H,23,28)(H,25,27)(H,26,29)/b24-14-. The SMILES string of the molecule is CCc1ccc(NC(=O)COc2cccc(/C=N\NC(=O)C(=O)NCCOC)c2)cc1. The van der Waals surface area contributed by atoms with Crippen LogP contribution in [-0.4, -0.2) is 50.8 Å². The molecule has 0 unspecified atom stereocenters. The Balaban J connectivity index is 1.80. The summed E-state index contributed by atoms with van der Waals surface area (Å²) in [6, 6.07) is 14.4. The number of nitrogens with one attached hydrogen (secondary N) is 3. The molecule has 0 bridgehead atoms. The summed E-state index contributed by atoms with van der Waals surface area (Å²) in [5.41, 5.74) is 4.65. The van der Waals surface area contributed by atoms with Gasteiger partial charge in [-0.2, -0.15) is 5.10 Å². The number of nitrogens with zero attached hydrogens (tertiary/aromatic N) is 1. The van der Waals surface area contributed by atoms with Crippen molar-refractivity contribution >= 4 is 29.6 Å². The Morgan fingerprint density at radius 1 is 1.06 bits per heavy atom. The van der Waals surface area contributed by atoms with Gasteiger partial charge in [0.1, 0.15) is 5.75 Å². The fourth-order valence-electron chi connectivity index (χ4n) is 2.42. The van der Waals surface area contributed by atoms with E-state index in [1.54, 1.807) is 24.3 Å². The van der Waals surface area contributed by atoms with Gasteiger partial charge in [0.15, 0.2) is 6.61 Å². The zero-order chi connectivity index (χ0) is 22.5. The van der Waals surface area contributed by atoms with Crippen LogP contribution >= 0.6 is 0 Å². The highest BCUT2D eigenvalue weighted by molar-refractivity contribution is 6.35. The Labute approximate surface area is 180 Å². The van der Waals surface area contributed by atoms with Gasteiger partial charge >= 0.3 is 11.8 Å². The smallest absolute Gasteiger partial charge is 0.329 e. The second kappa shape index (κ2) is 12.8. The first-order valence-corrected chi connectivity index (χ1v) is 9.73. The highest BCUT2D eigenvalue weighted by Gasteiger charge is 2.11. The lowest BCUT2D eigenvalue weighted by Crippen LogP contribution is -2.39. The van der Waals surface area contributed by atoms with Crippen LogP contribution < -0.4 is 20.8 Å². The summed E-state index contributed by atoms with van der Waals surface area (Å²) >= 11 is 0. The van der Waals surface area contributed by atoms with E-state index in [1.807, 2.05) is 24.3 Å². The number of benzene rings is 2. The first-order valence-electron chi connectivity index (χ1n) is 9.73. The normalized spacial score (nSPS) is 10.5. The second-order valence-electron chi connectivity index (χ2n) is 6.41. The third-order valence-electron chi connectivity index (χ3n) is 4.05. The number of aryl methyl sites for hydroxylation is 1. The lowest BCUT2D eigenvalue weighted by atomic mass is 10.1. The van der Waals surface area contributed by atoms with Crippen molar-refractivity contribution < 1.29 is 23.9 Å². The quantitative estimate of drug-likeness (QED) is 0.230. The number of amides is 3. The summed E-state index contributed by atoms with van der Waals surface area (Å²) in [7, 11) is 1.49. The van der Waals surface area contributed by atoms with Crippen molar-refractivity contribution in [2.45, 2.75) is 13.3 Å². The Kier molecular flexibility index (Phi) is 9.70. The molecule has 0 spiro atoms. The molecule has 0 aliphatic rings. The van der Waals surface area contributed by atoms with Crippen molar-refractivity contribution in [1.82, 2.24) is 10.7 Å². The molecule has 0 aromatic heterocycles. The number of ether oxygens (including phenoxy) is 2. The maximum absolute atomic E-state index is 12.1. The minimum absolute atomic E-state index is 0.158. The van der Waals surface area contributed by atoms with E-state index in [2.05, 4.69) is 28.1 Å². The van der Waals surface area contributed by atoms with Gasteiger partial charge in [-0.25, -0.2) is 5.43 Å². The van der Waals surface area contributed by atoms with Crippen LogP contribution in [0.25, 0.3) is 0 Å². The molecule has 0 heterocycles. The molecule has 3 N–H and O–H groups in total. The first-order chi connectivity index (χ1) is 15.0. The van der Waals surface area contributed by atoms with E-state index < -0.39 is 11.8 Å². The minimum Gasteiger partial charge on any atom is -0.484 e. The van der Waals surface area contributed by atoms with Crippen LogP contribution in [0.3, 0.4) is 0 Å². The van der Waals surface area contributed by atoms with Crippen LogP contribution in [0.4, 0.5) is 5.69 Å². The van der Waals surface area contributed by atoms with Crippen LogP contribution in [-0.2, 0) is 25.5 Å². The van der Waals surface area contributed by atoms with Crippen LogP contribution in [0, 0.1) is 0 Å². The van der Waals surface area contributed by atoms with Crippen molar-refractivity contribution in [3.05, 3.63) is 59.7 Å². The van der Waals surface area contributed by atoms with Gasteiger partial charge in [0.2, 0.25) is 0 Å². The van der Waals surface area contributed by atoms with Gasteiger partial charge in [-0.1, -0.05) is 31.2 Å². The molecule has 3 amide bonds. The third kappa shape index (κ3) is 8.67. The molecule has 0 fully saturated rings. The number of methoxy groups -OCH3 is 1. The van der Waals surface area contributed by atoms with E-state index >= 15 is 0 Å². The Hall–Kier alpha value is -3.72. The van der Waals surface area contributed by atoms with Gasteiger partial charge in [0, 0.05) is 19.3 Å². The summed E-state index contributed by atoms with van der Waals surface area (Å²) < 4.78 is 10.3. The van der Waals surface area contributed by atoms with Crippen LogP contribution in [0.5, 0.6) is 5.75 Å². The number of hydrogen-bond donors (Lipinski definition) is 3. The number of carbonyl (C=O) groups excluding carboxylic acids is 3. The highest BCUT2D eigenvalue weighted by atomic mass is 16.5. The molecule has 0 atom stereocenters.